The minimum Gasteiger partial charge on any atom is -0.218 e. The highest BCUT2D eigenvalue weighted by Gasteiger charge is 2.37. The number of rotatable bonds is 3. The van der Waals surface area contributed by atoms with Crippen LogP contribution in [0.15, 0.2) is 59.3 Å². The van der Waals surface area contributed by atoms with Crippen molar-refractivity contribution in [2.75, 3.05) is 0 Å². The molecule has 0 saturated heterocycles. The van der Waals surface area contributed by atoms with Crippen molar-refractivity contribution in [3.8, 4) is 27.0 Å². The molecule has 25 heavy (non-hydrogen) atoms. The average molecular weight is 377 g/mol. The van der Waals surface area contributed by atoms with Crippen LogP contribution in [0.5, 0.6) is 0 Å². The van der Waals surface area contributed by atoms with Gasteiger partial charge in [-0.3, -0.25) is 0 Å². The standard InChI is InChI=1S/C17H10F3N3S2/c18-17(19,20)15-9-12(14-7-4-8-24-14)22-23(15)16-21-13(10-25-16)11-5-2-1-3-6-11/h1-10H. The lowest BCUT2D eigenvalue weighted by atomic mass is 10.2. The van der Waals surface area contributed by atoms with E-state index in [1.807, 2.05) is 30.3 Å². The summed E-state index contributed by atoms with van der Waals surface area (Å²) in [6.07, 6.45) is -4.51. The molecule has 1 aromatic carbocycles. The molecule has 0 aliphatic heterocycles. The van der Waals surface area contributed by atoms with Gasteiger partial charge in [0, 0.05) is 10.9 Å². The second-order valence-electron chi connectivity index (χ2n) is 5.18. The quantitative estimate of drug-likeness (QED) is 0.456. The number of thiophene rings is 1. The summed E-state index contributed by atoms with van der Waals surface area (Å²) in [7, 11) is 0. The molecule has 0 amide bonds. The van der Waals surface area contributed by atoms with Crippen molar-refractivity contribution in [3.05, 3.63) is 65.0 Å². The first-order valence-electron chi connectivity index (χ1n) is 7.25. The Labute approximate surface area is 149 Å². The van der Waals surface area contributed by atoms with Crippen LogP contribution in [0.25, 0.3) is 27.0 Å². The molecule has 0 saturated carbocycles. The molecular weight excluding hydrogens is 367 g/mol. The van der Waals surface area contributed by atoms with Gasteiger partial charge in [0.15, 0.2) is 5.69 Å². The largest absolute Gasteiger partial charge is 0.433 e. The van der Waals surface area contributed by atoms with E-state index in [2.05, 4.69) is 10.1 Å². The van der Waals surface area contributed by atoms with Crippen molar-refractivity contribution in [3.63, 3.8) is 0 Å². The van der Waals surface area contributed by atoms with Gasteiger partial charge in [-0.05, 0) is 17.5 Å². The van der Waals surface area contributed by atoms with Gasteiger partial charge in [-0.15, -0.1) is 22.7 Å². The maximum atomic E-state index is 13.4. The minimum atomic E-state index is -4.51. The number of aromatic nitrogens is 3. The van der Waals surface area contributed by atoms with E-state index in [-0.39, 0.29) is 5.13 Å². The molecule has 0 unspecified atom stereocenters. The van der Waals surface area contributed by atoms with Gasteiger partial charge in [-0.25, -0.2) is 9.67 Å². The molecule has 126 valence electrons. The molecule has 0 bridgehead atoms. The molecule has 0 aliphatic rings. The smallest absolute Gasteiger partial charge is 0.218 e. The zero-order valence-electron chi connectivity index (χ0n) is 12.6. The van der Waals surface area contributed by atoms with Gasteiger partial charge < -0.3 is 0 Å². The molecular formula is C17H10F3N3S2. The Hall–Kier alpha value is -2.45. The molecule has 3 heterocycles. The number of halogens is 3. The number of thiazole rings is 1. The molecule has 4 rings (SSSR count). The van der Waals surface area contributed by atoms with Gasteiger partial charge in [0.05, 0.1) is 10.6 Å². The number of benzene rings is 1. The van der Waals surface area contributed by atoms with Crippen LogP contribution in [-0.2, 0) is 6.18 Å². The Morgan fingerprint density at radius 2 is 1.72 bits per heavy atom. The van der Waals surface area contributed by atoms with E-state index in [1.54, 1.807) is 22.9 Å². The lowest BCUT2D eigenvalue weighted by Gasteiger charge is -2.07. The lowest BCUT2D eigenvalue weighted by molar-refractivity contribution is -0.142. The van der Waals surface area contributed by atoms with Crippen LogP contribution in [0.1, 0.15) is 5.69 Å². The molecule has 0 fully saturated rings. The third-order valence-electron chi connectivity index (χ3n) is 3.52. The fourth-order valence-electron chi connectivity index (χ4n) is 2.38. The number of hydrogen-bond acceptors (Lipinski definition) is 4. The van der Waals surface area contributed by atoms with Gasteiger partial charge in [0.25, 0.3) is 0 Å². The maximum absolute atomic E-state index is 13.4. The second kappa shape index (κ2) is 6.12. The average Bonchev–Trinajstić information content (AvgIpc) is 3.33. The van der Waals surface area contributed by atoms with Crippen LogP contribution in [0.3, 0.4) is 0 Å². The summed E-state index contributed by atoms with van der Waals surface area (Å²) >= 11 is 2.48. The van der Waals surface area contributed by atoms with Crippen LogP contribution in [0.4, 0.5) is 13.2 Å². The predicted molar refractivity (Wildman–Crippen MR) is 93.0 cm³/mol. The highest BCUT2D eigenvalue weighted by atomic mass is 32.1. The predicted octanol–water partition coefficient (Wildman–Crippen LogP) is 5.74. The van der Waals surface area contributed by atoms with Crippen LogP contribution < -0.4 is 0 Å². The third-order valence-corrected chi connectivity index (χ3v) is 5.22. The summed E-state index contributed by atoms with van der Waals surface area (Å²) in [6.45, 7) is 0. The topological polar surface area (TPSA) is 30.7 Å². The Morgan fingerprint density at radius 1 is 0.920 bits per heavy atom. The van der Waals surface area contributed by atoms with Crippen LogP contribution in [0, 0.1) is 0 Å². The minimum absolute atomic E-state index is 0.189. The lowest BCUT2D eigenvalue weighted by Crippen LogP contribution is -2.13. The highest BCUT2D eigenvalue weighted by molar-refractivity contribution is 7.13. The highest BCUT2D eigenvalue weighted by Crippen LogP contribution is 2.36. The first-order valence-corrected chi connectivity index (χ1v) is 9.01. The molecule has 3 nitrogen and oxygen atoms in total. The summed E-state index contributed by atoms with van der Waals surface area (Å²) in [6, 6.07) is 13.9. The molecule has 4 aromatic rings. The molecule has 0 spiro atoms. The van der Waals surface area contributed by atoms with E-state index < -0.39 is 11.9 Å². The third kappa shape index (κ3) is 3.10. The van der Waals surface area contributed by atoms with Crippen molar-refractivity contribution >= 4 is 22.7 Å². The van der Waals surface area contributed by atoms with Gasteiger partial charge in [0.2, 0.25) is 5.13 Å². The van der Waals surface area contributed by atoms with Gasteiger partial charge in [-0.2, -0.15) is 18.3 Å². The van der Waals surface area contributed by atoms with E-state index in [4.69, 9.17) is 0 Å². The van der Waals surface area contributed by atoms with E-state index in [9.17, 15) is 13.2 Å². The van der Waals surface area contributed by atoms with Gasteiger partial charge in [-0.1, -0.05) is 36.4 Å². The van der Waals surface area contributed by atoms with Crippen molar-refractivity contribution in [1.29, 1.82) is 0 Å². The maximum Gasteiger partial charge on any atom is 0.433 e. The fourth-order valence-corrected chi connectivity index (χ4v) is 3.85. The van der Waals surface area contributed by atoms with Crippen LogP contribution in [0.2, 0.25) is 0 Å². The van der Waals surface area contributed by atoms with Crippen molar-refractivity contribution in [1.82, 2.24) is 14.8 Å². The molecule has 0 atom stereocenters. The van der Waals surface area contributed by atoms with Crippen LogP contribution in [-0.4, -0.2) is 14.8 Å². The van der Waals surface area contributed by atoms with Crippen LogP contribution >= 0.6 is 22.7 Å². The van der Waals surface area contributed by atoms with E-state index in [1.165, 1.54) is 11.3 Å². The van der Waals surface area contributed by atoms with E-state index >= 15 is 0 Å². The first-order chi connectivity index (χ1) is 12.0. The van der Waals surface area contributed by atoms with E-state index in [0.717, 1.165) is 27.6 Å². The van der Waals surface area contributed by atoms with Crippen molar-refractivity contribution < 1.29 is 13.2 Å². The van der Waals surface area contributed by atoms with Gasteiger partial charge in [0.1, 0.15) is 5.69 Å². The molecule has 0 aliphatic carbocycles. The Morgan fingerprint density at radius 3 is 2.40 bits per heavy atom. The summed E-state index contributed by atoms with van der Waals surface area (Å²) < 4.78 is 41.2. The summed E-state index contributed by atoms with van der Waals surface area (Å²) in [4.78, 5) is 5.03. The molecule has 8 heteroatoms. The second-order valence-corrected chi connectivity index (χ2v) is 6.97. The van der Waals surface area contributed by atoms with Gasteiger partial charge >= 0.3 is 6.18 Å². The molecule has 0 N–H and O–H groups in total. The monoisotopic (exact) mass is 377 g/mol. The normalized spacial score (nSPS) is 11.8. The Bertz CT molecular complexity index is 986. The zero-order chi connectivity index (χ0) is 17.4. The fraction of sp³-hybridized carbons (Fsp3) is 0.0588. The SMILES string of the molecule is FC(F)(F)c1cc(-c2cccs2)nn1-c1nc(-c2ccccc2)cs1. The number of alkyl halides is 3. The van der Waals surface area contributed by atoms with E-state index in [0.29, 0.717) is 16.3 Å². The first kappa shape index (κ1) is 16.0. The number of nitrogens with zero attached hydrogens (tertiary/aromatic N) is 3. The molecule has 0 radical (unpaired) electrons. The van der Waals surface area contributed by atoms with Crippen molar-refractivity contribution in [2.45, 2.75) is 6.18 Å². The summed E-state index contributed by atoms with van der Waals surface area (Å²) in [5, 5.41) is 7.88. The Balaban J connectivity index is 1.81. The number of hydrogen-bond donors (Lipinski definition) is 0. The van der Waals surface area contributed by atoms with Crippen molar-refractivity contribution in [2.24, 2.45) is 0 Å². The Kier molecular flexibility index (Phi) is 3.93. The summed E-state index contributed by atoms with van der Waals surface area (Å²) in [5.41, 5.74) is 0.940. The summed E-state index contributed by atoms with van der Waals surface area (Å²) in [5.74, 6) is 0. The zero-order valence-corrected chi connectivity index (χ0v) is 14.2. The molecule has 3 aromatic heterocycles.